The first-order chi connectivity index (χ1) is 10.6. The van der Waals surface area contributed by atoms with Crippen molar-refractivity contribution in [3.8, 4) is 0 Å². The lowest BCUT2D eigenvalue weighted by Gasteiger charge is -2.34. The zero-order valence-electron chi connectivity index (χ0n) is 12.8. The molecule has 1 aliphatic heterocycles. The summed E-state index contributed by atoms with van der Waals surface area (Å²) in [5.41, 5.74) is 0. The molecule has 0 unspecified atom stereocenters. The van der Waals surface area contributed by atoms with Gasteiger partial charge in [0, 0.05) is 57.7 Å². The number of carboxylic acid groups (broad SMARTS) is 1. The predicted octanol–water partition coefficient (Wildman–Crippen LogP) is 1.52. The number of aromatic carboxylic acids is 1. The molecule has 2 rings (SSSR count). The van der Waals surface area contributed by atoms with E-state index in [0.717, 1.165) is 44.0 Å². The van der Waals surface area contributed by atoms with Crippen LogP contribution in [-0.2, 0) is 16.1 Å². The molecule has 0 saturated carbocycles. The third-order valence-electron chi connectivity index (χ3n) is 3.72. The van der Waals surface area contributed by atoms with E-state index in [1.165, 1.54) is 11.3 Å². The van der Waals surface area contributed by atoms with Crippen LogP contribution in [0.4, 0.5) is 0 Å². The Bertz CT molecular complexity index is 509. The van der Waals surface area contributed by atoms with E-state index in [-0.39, 0.29) is 5.91 Å². The number of hydrogen-bond donors (Lipinski definition) is 1. The van der Waals surface area contributed by atoms with Gasteiger partial charge in [0.2, 0.25) is 5.91 Å². The molecule has 22 heavy (non-hydrogen) atoms. The van der Waals surface area contributed by atoms with Crippen molar-refractivity contribution >= 4 is 23.2 Å². The molecule has 1 N–H and O–H groups in total. The summed E-state index contributed by atoms with van der Waals surface area (Å²) < 4.78 is 4.96. The van der Waals surface area contributed by atoms with Crippen molar-refractivity contribution in [3.63, 3.8) is 0 Å². The van der Waals surface area contributed by atoms with Gasteiger partial charge in [-0.2, -0.15) is 0 Å². The van der Waals surface area contributed by atoms with Crippen molar-refractivity contribution in [1.29, 1.82) is 0 Å². The zero-order valence-corrected chi connectivity index (χ0v) is 13.6. The first-order valence-corrected chi connectivity index (χ1v) is 8.23. The number of carbonyl (C=O) groups excluding carboxylic acids is 1. The smallest absolute Gasteiger partial charge is 0.345 e. The van der Waals surface area contributed by atoms with Gasteiger partial charge in [-0.05, 0) is 18.6 Å². The average molecular weight is 326 g/mol. The van der Waals surface area contributed by atoms with E-state index in [2.05, 4.69) is 4.90 Å². The van der Waals surface area contributed by atoms with Crippen molar-refractivity contribution in [2.45, 2.75) is 19.4 Å². The van der Waals surface area contributed by atoms with Crippen LogP contribution >= 0.6 is 11.3 Å². The molecular formula is C15H22N2O4S. The number of ether oxygens (including phenoxy) is 1. The molecule has 6 nitrogen and oxygen atoms in total. The van der Waals surface area contributed by atoms with Crippen molar-refractivity contribution in [2.75, 3.05) is 39.9 Å². The van der Waals surface area contributed by atoms with Crippen LogP contribution in [0.5, 0.6) is 0 Å². The Morgan fingerprint density at radius 1 is 1.27 bits per heavy atom. The fourth-order valence-electron chi connectivity index (χ4n) is 2.48. The maximum Gasteiger partial charge on any atom is 0.345 e. The highest BCUT2D eigenvalue weighted by Crippen LogP contribution is 2.19. The van der Waals surface area contributed by atoms with Crippen LogP contribution in [0.3, 0.4) is 0 Å². The number of carbonyl (C=O) groups is 2. The van der Waals surface area contributed by atoms with Crippen LogP contribution in [0, 0.1) is 0 Å². The van der Waals surface area contributed by atoms with Gasteiger partial charge in [-0.25, -0.2) is 4.79 Å². The quantitative estimate of drug-likeness (QED) is 0.769. The molecule has 1 amide bonds. The normalized spacial score (nSPS) is 16.0. The summed E-state index contributed by atoms with van der Waals surface area (Å²) >= 11 is 1.32. The van der Waals surface area contributed by atoms with Crippen LogP contribution in [0.15, 0.2) is 12.1 Å². The molecule has 1 aromatic rings. The van der Waals surface area contributed by atoms with E-state index >= 15 is 0 Å². The Balaban J connectivity index is 1.74. The molecule has 2 heterocycles. The summed E-state index contributed by atoms with van der Waals surface area (Å²) in [5, 5.41) is 8.93. The second-order valence-corrected chi connectivity index (χ2v) is 6.49. The molecule has 0 spiro atoms. The highest BCUT2D eigenvalue weighted by Gasteiger charge is 2.21. The van der Waals surface area contributed by atoms with Crippen molar-refractivity contribution in [2.24, 2.45) is 0 Å². The number of thiophene rings is 1. The Morgan fingerprint density at radius 3 is 2.59 bits per heavy atom. The molecule has 0 radical (unpaired) electrons. The Hall–Kier alpha value is -1.44. The molecule has 0 bridgehead atoms. The van der Waals surface area contributed by atoms with E-state index in [1.807, 2.05) is 11.0 Å². The summed E-state index contributed by atoms with van der Waals surface area (Å²) in [6.07, 6.45) is 1.31. The van der Waals surface area contributed by atoms with Crippen LogP contribution in [-0.4, -0.2) is 66.7 Å². The van der Waals surface area contributed by atoms with E-state index in [0.29, 0.717) is 17.9 Å². The van der Waals surface area contributed by atoms with Crippen molar-refractivity contribution < 1.29 is 19.4 Å². The number of carboxylic acids is 1. The number of rotatable bonds is 7. The highest BCUT2D eigenvalue weighted by molar-refractivity contribution is 7.13. The predicted molar refractivity (Wildman–Crippen MR) is 84.2 cm³/mol. The minimum absolute atomic E-state index is 0.195. The summed E-state index contributed by atoms with van der Waals surface area (Å²) in [4.78, 5) is 28.5. The monoisotopic (exact) mass is 326 g/mol. The zero-order chi connectivity index (χ0) is 15.9. The van der Waals surface area contributed by atoms with Gasteiger partial charge in [-0.1, -0.05) is 0 Å². The largest absolute Gasteiger partial charge is 0.477 e. The molecule has 7 heteroatoms. The lowest BCUT2D eigenvalue weighted by molar-refractivity contribution is -0.133. The van der Waals surface area contributed by atoms with Gasteiger partial charge in [0.25, 0.3) is 0 Å². The third-order valence-corrected chi connectivity index (χ3v) is 4.77. The van der Waals surface area contributed by atoms with Crippen molar-refractivity contribution in [1.82, 2.24) is 9.80 Å². The van der Waals surface area contributed by atoms with Gasteiger partial charge in [0.1, 0.15) is 4.88 Å². The fraction of sp³-hybridized carbons (Fsp3) is 0.600. The number of hydrogen-bond acceptors (Lipinski definition) is 5. The van der Waals surface area contributed by atoms with Gasteiger partial charge in [-0.3, -0.25) is 9.69 Å². The lowest BCUT2D eigenvalue weighted by atomic mass is 10.2. The second-order valence-electron chi connectivity index (χ2n) is 5.32. The Morgan fingerprint density at radius 2 is 2.00 bits per heavy atom. The topological polar surface area (TPSA) is 70.1 Å². The summed E-state index contributed by atoms with van der Waals surface area (Å²) in [7, 11) is 1.64. The molecule has 0 atom stereocenters. The molecule has 0 aromatic carbocycles. The van der Waals surface area contributed by atoms with Crippen molar-refractivity contribution in [3.05, 3.63) is 21.9 Å². The SMILES string of the molecule is COCCCC(=O)N1CCN(Cc2ccc(C(=O)O)s2)CC1. The number of piperazine rings is 1. The third kappa shape index (κ3) is 4.79. The van der Waals surface area contributed by atoms with E-state index in [9.17, 15) is 9.59 Å². The van der Waals surface area contributed by atoms with E-state index < -0.39 is 5.97 Å². The molecular weight excluding hydrogens is 304 g/mol. The van der Waals surface area contributed by atoms with Crippen LogP contribution in [0.2, 0.25) is 0 Å². The lowest BCUT2D eigenvalue weighted by Crippen LogP contribution is -2.48. The number of nitrogens with zero attached hydrogens (tertiary/aromatic N) is 2. The molecule has 0 aliphatic carbocycles. The average Bonchev–Trinajstić information content (AvgIpc) is 2.97. The standard InChI is InChI=1S/C15H22N2O4S/c1-21-10-2-3-14(18)17-8-6-16(7-9-17)11-12-4-5-13(22-12)15(19)20/h4-5H,2-3,6-11H2,1H3,(H,19,20). The van der Waals surface area contributed by atoms with E-state index in [4.69, 9.17) is 9.84 Å². The van der Waals surface area contributed by atoms with Gasteiger partial charge in [0.15, 0.2) is 0 Å². The van der Waals surface area contributed by atoms with Gasteiger partial charge < -0.3 is 14.7 Å². The summed E-state index contributed by atoms with van der Waals surface area (Å²) in [6.45, 7) is 4.51. The maximum atomic E-state index is 12.0. The Kier molecular flexibility index (Phi) is 6.35. The number of amides is 1. The molecule has 1 aliphatic rings. The van der Waals surface area contributed by atoms with Crippen LogP contribution in [0.25, 0.3) is 0 Å². The van der Waals surface area contributed by atoms with Crippen LogP contribution < -0.4 is 0 Å². The van der Waals surface area contributed by atoms with Crippen LogP contribution in [0.1, 0.15) is 27.4 Å². The second kappa shape index (κ2) is 8.26. The minimum atomic E-state index is -0.872. The van der Waals surface area contributed by atoms with Gasteiger partial charge >= 0.3 is 5.97 Å². The molecule has 1 fully saturated rings. The molecule has 1 aromatic heterocycles. The fourth-order valence-corrected chi connectivity index (χ4v) is 3.37. The minimum Gasteiger partial charge on any atom is -0.477 e. The first-order valence-electron chi connectivity index (χ1n) is 7.41. The maximum absolute atomic E-state index is 12.0. The van der Waals surface area contributed by atoms with E-state index in [1.54, 1.807) is 13.2 Å². The summed E-state index contributed by atoms with van der Waals surface area (Å²) in [6, 6.07) is 3.52. The summed E-state index contributed by atoms with van der Waals surface area (Å²) in [5.74, 6) is -0.677. The molecule has 122 valence electrons. The highest BCUT2D eigenvalue weighted by atomic mass is 32.1. The van der Waals surface area contributed by atoms with Gasteiger partial charge in [0.05, 0.1) is 0 Å². The molecule has 1 saturated heterocycles. The van der Waals surface area contributed by atoms with Gasteiger partial charge in [-0.15, -0.1) is 11.3 Å². The Labute approximate surface area is 134 Å². The first kappa shape index (κ1) is 16.9. The number of methoxy groups -OCH3 is 1.